The first-order chi connectivity index (χ1) is 11.7. The van der Waals surface area contributed by atoms with E-state index in [0.29, 0.717) is 17.1 Å². The van der Waals surface area contributed by atoms with Gasteiger partial charge in [-0.3, -0.25) is 4.79 Å². The number of nitrogens with zero attached hydrogens (tertiary/aromatic N) is 1. The van der Waals surface area contributed by atoms with Crippen LogP contribution < -0.4 is 10.6 Å². The zero-order chi connectivity index (χ0) is 16.9. The Kier molecular flexibility index (Phi) is 4.57. The van der Waals surface area contributed by atoms with E-state index in [1.165, 1.54) is 0 Å². The fourth-order valence-corrected chi connectivity index (χ4v) is 2.60. The number of anilines is 2. The third-order valence-corrected chi connectivity index (χ3v) is 3.77. The zero-order valence-electron chi connectivity index (χ0n) is 13.7. The van der Waals surface area contributed by atoms with Crippen LogP contribution in [0.1, 0.15) is 15.9 Å². The van der Waals surface area contributed by atoms with Crippen LogP contribution in [0, 0.1) is 6.92 Å². The highest BCUT2D eigenvalue weighted by molar-refractivity contribution is 6.09. The molecule has 1 aromatic heterocycles. The highest BCUT2D eigenvalue weighted by atomic mass is 16.1. The lowest BCUT2D eigenvalue weighted by Gasteiger charge is -2.13. The lowest BCUT2D eigenvalue weighted by Crippen LogP contribution is -2.15. The molecule has 0 fully saturated rings. The van der Waals surface area contributed by atoms with Gasteiger partial charge >= 0.3 is 0 Å². The van der Waals surface area contributed by atoms with Crippen LogP contribution in [0.2, 0.25) is 0 Å². The predicted molar refractivity (Wildman–Crippen MR) is 98.4 cm³/mol. The minimum Gasteiger partial charge on any atom is -0.371 e. The van der Waals surface area contributed by atoms with Gasteiger partial charge in [0.2, 0.25) is 0 Å². The van der Waals surface area contributed by atoms with Gasteiger partial charge in [-0.05, 0) is 35.7 Å². The highest BCUT2D eigenvalue weighted by Crippen LogP contribution is 2.26. The van der Waals surface area contributed by atoms with E-state index in [1.807, 2.05) is 67.6 Å². The number of carbonyl (C=O) groups is 1. The minimum absolute atomic E-state index is 0.154. The highest BCUT2D eigenvalue weighted by Gasteiger charge is 2.14. The van der Waals surface area contributed by atoms with Crippen molar-refractivity contribution in [3.8, 4) is 11.1 Å². The number of rotatable bonds is 4. The number of hydrogen-bond donors (Lipinski definition) is 2. The first kappa shape index (κ1) is 15.7. The Hall–Kier alpha value is -3.14. The molecular weight excluding hydrogens is 298 g/mol. The maximum Gasteiger partial charge on any atom is 0.256 e. The van der Waals surface area contributed by atoms with Crippen molar-refractivity contribution < 1.29 is 4.79 Å². The molecule has 0 spiro atoms. The molecule has 0 atom stereocenters. The molecule has 0 aliphatic carbocycles. The summed E-state index contributed by atoms with van der Waals surface area (Å²) < 4.78 is 0. The lowest BCUT2D eigenvalue weighted by atomic mass is 9.99. The van der Waals surface area contributed by atoms with Crippen LogP contribution in [0.3, 0.4) is 0 Å². The van der Waals surface area contributed by atoms with E-state index in [2.05, 4.69) is 15.6 Å². The molecule has 0 aliphatic rings. The van der Waals surface area contributed by atoms with Crippen LogP contribution in [0.5, 0.6) is 0 Å². The largest absolute Gasteiger partial charge is 0.371 e. The zero-order valence-corrected chi connectivity index (χ0v) is 13.7. The Morgan fingerprint density at radius 1 is 1.00 bits per heavy atom. The summed E-state index contributed by atoms with van der Waals surface area (Å²) >= 11 is 0. The molecule has 120 valence electrons. The monoisotopic (exact) mass is 317 g/mol. The molecule has 24 heavy (non-hydrogen) atoms. The van der Waals surface area contributed by atoms with Gasteiger partial charge in [0.1, 0.15) is 5.82 Å². The first-order valence-corrected chi connectivity index (χ1v) is 7.79. The molecule has 0 saturated heterocycles. The van der Waals surface area contributed by atoms with E-state index in [0.717, 1.165) is 16.7 Å². The van der Waals surface area contributed by atoms with Crippen molar-refractivity contribution in [1.82, 2.24) is 4.98 Å². The third-order valence-electron chi connectivity index (χ3n) is 3.77. The topological polar surface area (TPSA) is 54.0 Å². The van der Waals surface area contributed by atoms with E-state index in [9.17, 15) is 4.79 Å². The average Bonchev–Trinajstić information content (AvgIpc) is 2.62. The quantitative estimate of drug-likeness (QED) is 0.752. The van der Waals surface area contributed by atoms with Gasteiger partial charge < -0.3 is 10.6 Å². The smallest absolute Gasteiger partial charge is 0.256 e. The standard InChI is InChI=1S/C20H19N3O/c1-14-12-18(19(21-2)22-13-14)23-20(24)17-11-7-6-10-16(17)15-8-4-3-5-9-15/h3-13H,1-2H3,(H,21,22)(H,23,24). The van der Waals surface area contributed by atoms with E-state index >= 15 is 0 Å². The number of benzene rings is 2. The fraction of sp³-hybridized carbons (Fsp3) is 0.100. The van der Waals surface area contributed by atoms with Gasteiger partial charge in [-0.1, -0.05) is 48.5 Å². The van der Waals surface area contributed by atoms with E-state index in [-0.39, 0.29) is 5.91 Å². The van der Waals surface area contributed by atoms with Crippen LogP contribution in [-0.4, -0.2) is 17.9 Å². The number of amides is 1. The predicted octanol–water partition coefficient (Wildman–Crippen LogP) is 4.35. The second-order valence-electron chi connectivity index (χ2n) is 5.52. The molecule has 4 heteroatoms. The Morgan fingerprint density at radius 2 is 1.71 bits per heavy atom. The van der Waals surface area contributed by atoms with E-state index < -0.39 is 0 Å². The number of aryl methyl sites for hydroxylation is 1. The van der Waals surface area contributed by atoms with Crippen molar-refractivity contribution >= 4 is 17.4 Å². The molecule has 0 radical (unpaired) electrons. The van der Waals surface area contributed by atoms with Crippen LogP contribution >= 0.6 is 0 Å². The van der Waals surface area contributed by atoms with Gasteiger partial charge in [-0.2, -0.15) is 0 Å². The summed E-state index contributed by atoms with van der Waals surface area (Å²) in [6.45, 7) is 1.94. The van der Waals surface area contributed by atoms with Gasteiger partial charge in [0.05, 0.1) is 5.69 Å². The molecule has 0 saturated carbocycles. The number of carbonyl (C=O) groups excluding carboxylic acids is 1. The number of nitrogens with one attached hydrogen (secondary N) is 2. The van der Waals surface area contributed by atoms with Crippen molar-refractivity contribution in [2.75, 3.05) is 17.7 Å². The molecule has 2 N–H and O–H groups in total. The summed E-state index contributed by atoms with van der Waals surface area (Å²) in [6, 6.07) is 19.4. The SMILES string of the molecule is CNc1ncc(C)cc1NC(=O)c1ccccc1-c1ccccc1. The maximum atomic E-state index is 12.8. The van der Waals surface area contributed by atoms with Crippen molar-refractivity contribution in [3.05, 3.63) is 78.0 Å². The van der Waals surface area contributed by atoms with E-state index in [4.69, 9.17) is 0 Å². The summed E-state index contributed by atoms with van der Waals surface area (Å²) in [5, 5.41) is 5.96. The lowest BCUT2D eigenvalue weighted by molar-refractivity contribution is 0.102. The summed E-state index contributed by atoms with van der Waals surface area (Å²) in [7, 11) is 1.78. The summed E-state index contributed by atoms with van der Waals surface area (Å²) in [4.78, 5) is 17.1. The first-order valence-electron chi connectivity index (χ1n) is 7.79. The fourth-order valence-electron chi connectivity index (χ4n) is 2.60. The van der Waals surface area contributed by atoms with Gasteiger partial charge in [-0.25, -0.2) is 4.98 Å². The molecule has 1 amide bonds. The Labute approximate surface area is 141 Å². The minimum atomic E-state index is -0.154. The summed E-state index contributed by atoms with van der Waals surface area (Å²) in [6.07, 6.45) is 1.76. The Balaban J connectivity index is 1.96. The van der Waals surface area contributed by atoms with Crippen molar-refractivity contribution in [1.29, 1.82) is 0 Å². The van der Waals surface area contributed by atoms with Crippen molar-refractivity contribution in [2.24, 2.45) is 0 Å². The number of hydrogen-bond acceptors (Lipinski definition) is 3. The summed E-state index contributed by atoms with van der Waals surface area (Å²) in [5.74, 6) is 0.490. The van der Waals surface area contributed by atoms with Crippen LogP contribution in [-0.2, 0) is 0 Å². The third kappa shape index (κ3) is 3.27. The molecule has 3 rings (SSSR count). The summed E-state index contributed by atoms with van der Waals surface area (Å²) in [5.41, 5.74) is 4.21. The van der Waals surface area contributed by atoms with Crippen LogP contribution in [0.4, 0.5) is 11.5 Å². The Morgan fingerprint density at radius 3 is 2.46 bits per heavy atom. The molecule has 0 bridgehead atoms. The average molecular weight is 317 g/mol. The van der Waals surface area contributed by atoms with Crippen molar-refractivity contribution in [2.45, 2.75) is 6.92 Å². The molecule has 2 aromatic carbocycles. The van der Waals surface area contributed by atoms with Gasteiger partial charge in [0.15, 0.2) is 0 Å². The van der Waals surface area contributed by atoms with Crippen LogP contribution in [0.15, 0.2) is 66.9 Å². The molecule has 3 aromatic rings. The Bertz CT molecular complexity index is 860. The molecule has 4 nitrogen and oxygen atoms in total. The van der Waals surface area contributed by atoms with E-state index in [1.54, 1.807) is 13.2 Å². The number of aromatic nitrogens is 1. The molecular formula is C20H19N3O. The second kappa shape index (κ2) is 6.96. The van der Waals surface area contributed by atoms with Gasteiger partial charge in [0.25, 0.3) is 5.91 Å². The second-order valence-corrected chi connectivity index (χ2v) is 5.52. The normalized spacial score (nSPS) is 10.2. The molecule has 0 aliphatic heterocycles. The number of pyridine rings is 1. The van der Waals surface area contributed by atoms with Gasteiger partial charge in [-0.15, -0.1) is 0 Å². The maximum absolute atomic E-state index is 12.8. The molecule has 1 heterocycles. The van der Waals surface area contributed by atoms with Crippen molar-refractivity contribution in [3.63, 3.8) is 0 Å². The molecule has 0 unspecified atom stereocenters. The van der Waals surface area contributed by atoms with Crippen LogP contribution in [0.25, 0.3) is 11.1 Å². The van der Waals surface area contributed by atoms with Gasteiger partial charge in [0, 0.05) is 18.8 Å².